The monoisotopic (exact) mass is 433 g/mol. The first-order valence-corrected chi connectivity index (χ1v) is 10.0. The molecule has 2 amide bonds. The number of hydrogen-bond acceptors (Lipinski definition) is 7. The van der Waals surface area contributed by atoms with Gasteiger partial charge in [0.1, 0.15) is 23.8 Å². The van der Waals surface area contributed by atoms with E-state index < -0.39 is 41.2 Å². The molecular weight excluding hydrogens is 394 g/mol. The number of amides is 2. The molecule has 10 nitrogen and oxygen atoms in total. The highest BCUT2D eigenvalue weighted by molar-refractivity contribution is 5.85. The summed E-state index contributed by atoms with van der Waals surface area (Å²) in [6.45, 7) is 12.3. The Hall–Kier alpha value is -2.36. The van der Waals surface area contributed by atoms with Gasteiger partial charge in [0.15, 0.2) is 0 Å². The van der Waals surface area contributed by atoms with Crippen LogP contribution in [0.5, 0.6) is 0 Å². The van der Waals surface area contributed by atoms with E-state index in [1.165, 1.54) is 0 Å². The number of esters is 2. The van der Waals surface area contributed by atoms with Gasteiger partial charge in [-0.15, -0.1) is 0 Å². The van der Waals surface area contributed by atoms with E-state index in [0.29, 0.717) is 19.4 Å². The highest BCUT2D eigenvalue weighted by atomic mass is 16.6. The molecule has 5 N–H and O–H groups in total. The minimum Gasteiger partial charge on any atom is -0.481 e. The van der Waals surface area contributed by atoms with Crippen LogP contribution < -0.4 is 16.4 Å². The number of unbranched alkanes of at least 4 members (excludes halogenated alkanes) is 1. The Morgan fingerprint density at radius 3 is 1.87 bits per heavy atom. The van der Waals surface area contributed by atoms with Crippen molar-refractivity contribution in [1.29, 1.82) is 0 Å². The van der Waals surface area contributed by atoms with Crippen molar-refractivity contribution in [1.82, 2.24) is 10.6 Å². The van der Waals surface area contributed by atoms with Crippen LogP contribution in [0.15, 0.2) is 0 Å². The summed E-state index contributed by atoms with van der Waals surface area (Å²) in [6, 6.07) is -1.43. The third-order valence-corrected chi connectivity index (χ3v) is 3.06. The van der Waals surface area contributed by atoms with E-state index in [1.807, 2.05) is 0 Å². The van der Waals surface area contributed by atoms with E-state index in [9.17, 15) is 19.2 Å². The average Bonchev–Trinajstić information content (AvgIpc) is 2.56. The summed E-state index contributed by atoms with van der Waals surface area (Å²) in [7, 11) is 0. The van der Waals surface area contributed by atoms with Crippen molar-refractivity contribution < 1.29 is 33.8 Å². The Morgan fingerprint density at radius 1 is 0.967 bits per heavy atom. The number of carboxylic acids is 1. The number of carboxylic acid groups (broad SMARTS) is 1. The number of urea groups is 1. The molecule has 0 aromatic carbocycles. The summed E-state index contributed by atoms with van der Waals surface area (Å²) < 4.78 is 10.4. The Balaban J connectivity index is 0. The first-order chi connectivity index (χ1) is 13.6. The van der Waals surface area contributed by atoms with E-state index in [4.69, 9.17) is 20.3 Å². The van der Waals surface area contributed by atoms with Gasteiger partial charge in [-0.2, -0.15) is 0 Å². The fraction of sp³-hybridized carbons (Fsp3) is 0.800. The van der Waals surface area contributed by atoms with E-state index in [0.717, 1.165) is 6.42 Å². The van der Waals surface area contributed by atoms with Gasteiger partial charge in [-0.3, -0.25) is 9.59 Å². The van der Waals surface area contributed by atoms with E-state index in [-0.39, 0.29) is 13.0 Å². The van der Waals surface area contributed by atoms with Gasteiger partial charge < -0.3 is 30.9 Å². The Bertz CT molecular complexity index is 552. The molecule has 30 heavy (non-hydrogen) atoms. The SMILES string of the molecule is CC(C)(C)OC(=O)CNC(=O)NC(CCCCN)C(=O)OC(C)(C)C.CCC(=O)O. The summed E-state index contributed by atoms with van der Waals surface area (Å²) in [4.78, 5) is 45.2. The lowest BCUT2D eigenvalue weighted by Gasteiger charge is -2.25. The fourth-order valence-electron chi connectivity index (χ4n) is 1.85. The third-order valence-electron chi connectivity index (χ3n) is 3.06. The van der Waals surface area contributed by atoms with Crippen LogP contribution in [0.2, 0.25) is 0 Å². The molecule has 10 heteroatoms. The largest absolute Gasteiger partial charge is 0.481 e. The topological polar surface area (TPSA) is 157 Å². The van der Waals surface area contributed by atoms with Gasteiger partial charge in [-0.25, -0.2) is 9.59 Å². The number of aliphatic carboxylic acids is 1. The maximum absolute atomic E-state index is 12.2. The molecule has 0 aliphatic carbocycles. The zero-order valence-electron chi connectivity index (χ0n) is 19.3. The smallest absolute Gasteiger partial charge is 0.329 e. The second-order valence-corrected chi connectivity index (χ2v) is 8.53. The number of ether oxygens (including phenoxy) is 2. The highest BCUT2D eigenvalue weighted by Gasteiger charge is 2.26. The lowest BCUT2D eigenvalue weighted by atomic mass is 10.1. The summed E-state index contributed by atoms with van der Waals surface area (Å²) in [6.07, 6.45) is 2.04. The number of nitrogens with one attached hydrogen (secondary N) is 2. The molecule has 0 radical (unpaired) electrons. The lowest BCUT2D eigenvalue weighted by molar-refractivity contribution is -0.157. The predicted molar refractivity (Wildman–Crippen MR) is 113 cm³/mol. The summed E-state index contributed by atoms with van der Waals surface area (Å²) in [5.41, 5.74) is 4.17. The van der Waals surface area contributed by atoms with Gasteiger partial charge in [-0.05, 0) is 67.3 Å². The quantitative estimate of drug-likeness (QED) is 0.317. The van der Waals surface area contributed by atoms with Gasteiger partial charge in [0, 0.05) is 6.42 Å². The molecular formula is C20H39N3O7. The van der Waals surface area contributed by atoms with Crippen LogP contribution in [0, 0.1) is 0 Å². The molecule has 1 unspecified atom stereocenters. The van der Waals surface area contributed by atoms with Gasteiger partial charge in [0.2, 0.25) is 0 Å². The maximum atomic E-state index is 12.2. The Labute approximate surface area is 179 Å². The van der Waals surface area contributed by atoms with Crippen LogP contribution in [0.3, 0.4) is 0 Å². The third kappa shape index (κ3) is 20.4. The van der Waals surface area contributed by atoms with Crippen LogP contribution in [-0.4, -0.2) is 59.4 Å². The number of carbonyl (C=O) groups excluding carboxylic acids is 3. The highest BCUT2D eigenvalue weighted by Crippen LogP contribution is 2.11. The van der Waals surface area contributed by atoms with Crippen molar-refractivity contribution in [2.75, 3.05) is 13.1 Å². The van der Waals surface area contributed by atoms with Crippen LogP contribution >= 0.6 is 0 Å². The van der Waals surface area contributed by atoms with Crippen molar-refractivity contribution in [3.63, 3.8) is 0 Å². The molecule has 0 aromatic heterocycles. The van der Waals surface area contributed by atoms with Crippen molar-refractivity contribution in [2.24, 2.45) is 5.73 Å². The Kier molecular flexibility index (Phi) is 14.5. The maximum Gasteiger partial charge on any atom is 0.329 e. The van der Waals surface area contributed by atoms with Crippen LogP contribution in [0.1, 0.15) is 74.1 Å². The number of rotatable bonds is 9. The van der Waals surface area contributed by atoms with E-state index in [1.54, 1.807) is 48.5 Å². The van der Waals surface area contributed by atoms with Crippen molar-refractivity contribution in [3.8, 4) is 0 Å². The van der Waals surface area contributed by atoms with Gasteiger partial charge in [-0.1, -0.05) is 6.92 Å². The van der Waals surface area contributed by atoms with Crippen molar-refractivity contribution in [2.45, 2.75) is 91.4 Å². The van der Waals surface area contributed by atoms with Crippen molar-refractivity contribution in [3.05, 3.63) is 0 Å². The van der Waals surface area contributed by atoms with Crippen LogP contribution in [0.25, 0.3) is 0 Å². The molecule has 0 aliphatic heterocycles. The molecule has 0 fully saturated rings. The summed E-state index contributed by atoms with van der Waals surface area (Å²) in [5, 5.41) is 12.7. The van der Waals surface area contributed by atoms with E-state index in [2.05, 4.69) is 10.6 Å². The van der Waals surface area contributed by atoms with Gasteiger partial charge in [0.25, 0.3) is 0 Å². The molecule has 176 valence electrons. The average molecular weight is 434 g/mol. The second-order valence-electron chi connectivity index (χ2n) is 8.53. The number of carbonyl (C=O) groups is 4. The molecule has 0 spiro atoms. The summed E-state index contributed by atoms with van der Waals surface area (Å²) in [5.74, 6) is -1.82. The molecule has 0 rings (SSSR count). The summed E-state index contributed by atoms with van der Waals surface area (Å²) >= 11 is 0. The lowest BCUT2D eigenvalue weighted by Crippen LogP contribution is -2.49. The molecule has 0 aliphatic rings. The van der Waals surface area contributed by atoms with Crippen molar-refractivity contribution >= 4 is 23.9 Å². The zero-order chi connectivity index (χ0) is 24.0. The fourth-order valence-corrected chi connectivity index (χ4v) is 1.85. The minimum absolute atomic E-state index is 0.222. The van der Waals surface area contributed by atoms with Gasteiger partial charge in [0.05, 0.1) is 0 Å². The molecule has 0 bridgehead atoms. The van der Waals surface area contributed by atoms with Crippen LogP contribution in [0.4, 0.5) is 4.79 Å². The van der Waals surface area contributed by atoms with Gasteiger partial charge >= 0.3 is 23.9 Å². The Morgan fingerprint density at radius 2 is 1.47 bits per heavy atom. The second kappa shape index (κ2) is 14.6. The number of hydrogen-bond donors (Lipinski definition) is 4. The first-order valence-electron chi connectivity index (χ1n) is 10.0. The standard InChI is InChI=1S/C17H33N3O5.C3H6O2/c1-16(2,3)24-13(21)11-19-15(23)20-12(9-7-8-10-18)14(22)25-17(4,5)6;1-2-3(4)5/h12H,7-11,18H2,1-6H3,(H2,19,20,23);2H2,1H3,(H,4,5). The normalized spacial score (nSPS) is 12.0. The molecule has 0 heterocycles. The van der Waals surface area contributed by atoms with E-state index >= 15 is 0 Å². The molecule has 1 atom stereocenters. The molecule has 0 saturated carbocycles. The molecule has 0 saturated heterocycles. The predicted octanol–water partition coefficient (Wildman–Crippen LogP) is 1.95. The molecule has 0 aromatic rings. The zero-order valence-corrected chi connectivity index (χ0v) is 19.3. The number of nitrogens with two attached hydrogens (primary N) is 1. The van der Waals surface area contributed by atoms with Crippen LogP contribution in [-0.2, 0) is 23.9 Å². The first kappa shape index (κ1) is 29.8. The minimum atomic E-state index is -0.801.